The van der Waals surface area contributed by atoms with Crippen LogP contribution in [0.15, 0.2) is 0 Å². The molecule has 2 rings (SSSR count). The molecule has 0 radical (unpaired) electrons. The molecule has 4 heteroatoms. The van der Waals surface area contributed by atoms with Gasteiger partial charge in [-0.25, -0.2) is 0 Å². The van der Waals surface area contributed by atoms with Gasteiger partial charge in [-0.15, -0.1) is 0 Å². The summed E-state index contributed by atoms with van der Waals surface area (Å²) in [5, 5.41) is 2.34. The van der Waals surface area contributed by atoms with Crippen molar-refractivity contribution < 1.29 is 9.59 Å². The Kier molecular flexibility index (Phi) is 1.12. The molecule has 2 aliphatic rings. The van der Waals surface area contributed by atoms with E-state index in [1.54, 1.807) is 0 Å². The number of nitrogens with zero attached hydrogens (tertiary/aromatic N) is 1. The molecule has 1 saturated carbocycles. The maximum absolute atomic E-state index is 11.2. The van der Waals surface area contributed by atoms with E-state index >= 15 is 0 Å². The molecule has 60 valence electrons. The first-order chi connectivity index (χ1) is 5.15. The average molecular weight is 154 g/mol. The molecular weight excluding hydrogens is 144 g/mol. The van der Waals surface area contributed by atoms with Gasteiger partial charge < -0.3 is 0 Å². The lowest BCUT2D eigenvalue weighted by atomic mass is 10.1. The molecule has 0 atom stereocenters. The molecule has 1 spiro atoms. The van der Waals surface area contributed by atoms with Gasteiger partial charge in [-0.2, -0.15) is 0 Å². The molecule has 11 heavy (non-hydrogen) atoms. The van der Waals surface area contributed by atoms with Gasteiger partial charge in [0.15, 0.2) is 0 Å². The van der Waals surface area contributed by atoms with E-state index in [0.29, 0.717) is 6.54 Å². The molecule has 0 bridgehead atoms. The number of carbonyl (C=O) groups excluding carboxylic acids is 2. The Bertz CT molecular complexity index is 233. The molecule has 2 amide bonds. The van der Waals surface area contributed by atoms with Gasteiger partial charge in [0.1, 0.15) is 5.54 Å². The predicted molar refractivity (Wildman–Crippen MR) is 37.7 cm³/mol. The van der Waals surface area contributed by atoms with Crippen molar-refractivity contribution in [1.29, 1.82) is 0 Å². The molecule has 2 fully saturated rings. The smallest absolute Gasteiger partial charge is 0.247 e. The van der Waals surface area contributed by atoms with Crippen molar-refractivity contribution in [2.45, 2.75) is 18.4 Å². The van der Waals surface area contributed by atoms with Crippen LogP contribution in [-0.2, 0) is 9.59 Å². The first-order valence-electron chi connectivity index (χ1n) is 3.71. The highest BCUT2D eigenvalue weighted by molar-refractivity contribution is 6.04. The Hall–Kier alpha value is -0.900. The SMILES string of the molecule is CN1CC(=O)NC(=O)C12CC2. The number of carbonyl (C=O) groups is 2. The Morgan fingerprint density at radius 2 is 2.09 bits per heavy atom. The third-order valence-corrected chi connectivity index (χ3v) is 2.51. The monoisotopic (exact) mass is 154 g/mol. The molecule has 4 nitrogen and oxygen atoms in total. The molecule has 1 N–H and O–H groups in total. The molecule has 0 aromatic carbocycles. The standard InChI is InChI=1S/C7H10N2O2/c1-9-4-5(10)8-6(11)7(9)2-3-7/h2-4H2,1H3,(H,8,10,11). The van der Waals surface area contributed by atoms with Crippen LogP contribution in [0.2, 0.25) is 0 Å². The number of amides is 2. The number of rotatable bonds is 0. The van der Waals surface area contributed by atoms with Gasteiger partial charge in [0.2, 0.25) is 11.8 Å². The lowest BCUT2D eigenvalue weighted by Gasteiger charge is -2.30. The number of imide groups is 1. The minimum absolute atomic E-state index is 0.115. The van der Waals surface area contributed by atoms with E-state index in [9.17, 15) is 9.59 Å². The van der Waals surface area contributed by atoms with Crippen molar-refractivity contribution in [2.24, 2.45) is 0 Å². The van der Waals surface area contributed by atoms with Crippen LogP contribution in [0, 0.1) is 0 Å². The topological polar surface area (TPSA) is 49.4 Å². The Morgan fingerprint density at radius 1 is 1.45 bits per heavy atom. The fourth-order valence-electron chi connectivity index (χ4n) is 1.55. The van der Waals surface area contributed by atoms with Gasteiger partial charge in [-0.1, -0.05) is 0 Å². The number of hydrogen-bond donors (Lipinski definition) is 1. The largest absolute Gasteiger partial charge is 0.294 e. The zero-order chi connectivity index (χ0) is 8.06. The number of piperazine rings is 1. The highest BCUT2D eigenvalue weighted by Crippen LogP contribution is 2.42. The highest BCUT2D eigenvalue weighted by atomic mass is 16.2. The molecule has 0 unspecified atom stereocenters. The first-order valence-corrected chi connectivity index (χ1v) is 3.71. The summed E-state index contributed by atoms with van der Waals surface area (Å²) in [7, 11) is 1.82. The van der Waals surface area contributed by atoms with E-state index in [1.807, 2.05) is 11.9 Å². The molecule has 0 aromatic heterocycles. The summed E-state index contributed by atoms with van der Waals surface area (Å²) in [6, 6.07) is 0. The fourth-order valence-corrected chi connectivity index (χ4v) is 1.55. The minimum Gasteiger partial charge on any atom is -0.294 e. The molecule has 1 aliphatic carbocycles. The van der Waals surface area contributed by atoms with E-state index in [-0.39, 0.29) is 17.4 Å². The van der Waals surface area contributed by atoms with Crippen LogP contribution in [0.25, 0.3) is 0 Å². The van der Waals surface area contributed by atoms with Crippen LogP contribution in [0.1, 0.15) is 12.8 Å². The summed E-state index contributed by atoms with van der Waals surface area (Å²) in [5.41, 5.74) is -0.312. The predicted octanol–water partition coefficient (Wildman–Crippen LogP) is -0.893. The van der Waals surface area contributed by atoms with E-state index in [0.717, 1.165) is 12.8 Å². The third kappa shape index (κ3) is 0.790. The first kappa shape index (κ1) is 6.79. The average Bonchev–Trinajstić information content (AvgIpc) is 2.62. The molecule has 1 heterocycles. The summed E-state index contributed by atoms with van der Waals surface area (Å²) >= 11 is 0. The summed E-state index contributed by atoms with van der Waals surface area (Å²) in [5.74, 6) is -0.300. The Balaban J connectivity index is 2.22. The summed E-state index contributed by atoms with van der Waals surface area (Å²) < 4.78 is 0. The van der Waals surface area contributed by atoms with Crippen molar-refractivity contribution in [2.75, 3.05) is 13.6 Å². The lowest BCUT2D eigenvalue weighted by Crippen LogP contribution is -2.58. The van der Waals surface area contributed by atoms with Crippen LogP contribution < -0.4 is 5.32 Å². The van der Waals surface area contributed by atoms with Crippen molar-refractivity contribution in [3.8, 4) is 0 Å². The Labute approximate surface area is 64.5 Å². The van der Waals surface area contributed by atoms with Crippen LogP contribution in [0.5, 0.6) is 0 Å². The molecule has 1 aliphatic heterocycles. The van der Waals surface area contributed by atoms with Gasteiger partial charge in [-0.05, 0) is 19.9 Å². The van der Waals surface area contributed by atoms with E-state index < -0.39 is 0 Å². The van der Waals surface area contributed by atoms with Gasteiger partial charge >= 0.3 is 0 Å². The number of likely N-dealkylation sites (N-methyl/N-ethyl adjacent to an activating group) is 1. The maximum atomic E-state index is 11.2. The van der Waals surface area contributed by atoms with Gasteiger partial charge in [0.25, 0.3) is 0 Å². The molecule has 1 saturated heterocycles. The van der Waals surface area contributed by atoms with Crippen molar-refractivity contribution in [1.82, 2.24) is 10.2 Å². The second-order valence-corrected chi connectivity index (χ2v) is 3.26. The Morgan fingerprint density at radius 3 is 2.55 bits per heavy atom. The van der Waals surface area contributed by atoms with E-state index in [4.69, 9.17) is 0 Å². The number of nitrogens with one attached hydrogen (secondary N) is 1. The second kappa shape index (κ2) is 1.82. The van der Waals surface area contributed by atoms with Crippen LogP contribution in [0.3, 0.4) is 0 Å². The third-order valence-electron chi connectivity index (χ3n) is 2.51. The van der Waals surface area contributed by atoms with Crippen LogP contribution in [0.4, 0.5) is 0 Å². The maximum Gasteiger partial charge on any atom is 0.247 e. The minimum atomic E-state index is -0.312. The normalized spacial score (nSPS) is 28.8. The summed E-state index contributed by atoms with van der Waals surface area (Å²) in [6.45, 7) is 0.353. The molecule has 0 aromatic rings. The fraction of sp³-hybridized carbons (Fsp3) is 0.714. The quantitative estimate of drug-likeness (QED) is 0.460. The van der Waals surface area contributed by atoms with Gasteiger partial charge in [-0.3, -0.25) is 19.8 Å². The van der Waals surface area contributed by atoms with Crippen LogP contribution >= 0.6 is 0 Å². The summed E-state index contributed by atoms with van der Waals surface area (Å²) in [6.07, 6.45) is 1.78. The van der Waals surface area contributed by atoms with Crippen LogP contribution in [-0.4, -0.2) is 35.8 Å². The lowest BCUT2D eigenvalue weighted by molar-refractivity contribution is -0.140. The highest BCUT2D eigenvalue weighted by Gasteiger charge is 2.56. The number of hydrogen-bond acceptors (Lipinski definition) is 3. The van der Waals surface area contributed by atoms with Gasteiger partial charge in [0, 0.05) is 0 Å². The zero-order valence-electron chi connectivity index (χ0n) is 6.39. The van der Waals surface area contributed by atoms with Gasteiger partial charge in [0.05, 0.1) is 6.54 Å². The van der Waals surface area contributed by atoms with Crippen molar-refractivity contribution in [3.63, 3.8) is 0 Å². The second-order valence-electron chi connectivity index (χ2n) is 3.26. The molecular formula is C7H10N2O2. The summed E-state index contributed by atoms with van der Waals surface area (Å²) in [4.78, 5) is 23.9. The van der Waals surface area contributed by atoms with Crippen molar-refractivity contribution in [3.05, 3.63) is 0 Å². The zero-order valence-corrected chi connectivity index (χ0v) is 6.39. The van der Waals surface area contributed by atoms with E-state index in [1.165, 1.54) is 0 Å². The van der Waals surface area contributed by atoms with Crippen molar-refractivity contribution >= 4 is 11.8 Å². The van der Waals surface area contributed by atoms with E-state index in [2.05, 4.69) is 5.32 Å².